The number of rotatable bonds is 3. The molecule has 0 atom stereocenters. The summed E-state index contributed by atoms with van der Waals surface area (Å²) < 4.78 is 1.64. The molecule has 1 aliphatic heterocycles. The van der Waals surface area contributed by atoms with Crippen LogP contribution in [0.25, 0.3) is 11.4 Å². The first-order chi connectivity index (χ1) is 10.9. The summed E-state index contributed by atoms with van der Waals surface area (Å²) in [6.45, 7) is 7.18. The highest BCUT2D eigenvalue weighted by molar-refractivity contribution is 5.80. The van der Waals surface area contributed by atoms with Crippen molar-refractivity contribution in [1.82, 2.24) is 19.5 Å². The second-order valence-electron chi connectivity index (χ2n) is 6.68. The van der Waals surface area contributed by atoms with Crippen LogP contribution in [0, 0.1) is 5.41 Å². The molecule has 0 aliphatic carbocycles. The van der Waals surface area contributed by atoms with Crippen LogP contribution in [0.5, 0.6) is 0 Å². The molecule has 0 saturated carbocycles. The molecule has 0 bridgehead atoms. The topological polar surface area (TPSA) is 81.0 Å². The molecule has 0 spiro atoms. The summed E-state index contributed by atoms with van der Waals surface area (Å²) in [6, 6.07) is 3.19. The Morgan fingerprint density at radius 3 is 2.74 bits per heavy atom. The average molecular weight is 313 g/mol. The molecule has 7 heteroatoms. The van der Waals surface area contributed by atoms with Crippen molar-refractivity contribution in [3.63, 3.8) is 0 Å². The Balaban J connectivity index is 2.13. The van der Waals surface area contributed by atoms with Crippen molar-refractivity contribution >= 4 is 11.7 Å². The van der Waals surface area contributed by atoms with Crippen LogP contribution in [0.4, 0.5) is 5.95 Å². The summed E-state index contributed by atoms with van der Waals surface area (Å²) in [5.74, 6) is 0.566. The number of fused-ring (bicyclic) bond motifs is 1. The highest BCUT2D eigenvalue weighted by Gasteiger charge is 2.32. The number of carbonyl (C=O) groups is 1. The minimum Gasteiger partial charge on any atom is -0.334 e. The van der Waals surface area contributed by atoms with Crippen molar-refractivity contribution in [3.05, 3.63) is 35.0 Å². The normalized spacial score (nSPS) is 16.0. The maximum atomic E-state index is 12.5. The lowest BCUT2D eigenvalue weighted by Crippen LogP contribution is -2.48. The molecule has 0 aromatic carbocycles. The predicted octanol–water partition coefficient (Wildman–Crippen LogP) is 1.14. The van der Waals surface area contributed by atoms with Gasteiger partial charge in [-0.15, -0.1) is 0 Å². The molecule has 7 nitrogen and oxygen atoms in total. The van der Waals surface area contributed by atoms with E-state index in [2.05, 4.69) is 28.8 Å². The Bertz CT molecular complexity index is 798. The van der Waals surface area contributed by atoms with E-state index in [1.165, 1.54) is 12.4 Å². The van der Waals surface area contributed by atoms with E-state index in [0.29, 0.717) is 30.4 Å². The fraction of sp³-hybridized carbons (Fsp3) is 0.438. The summed E-state index contributed by atoms with van der Waals surface area (Å²) in [5.41, 5.74) is 0.847. The third-order valence-electron chi connectivity index (χ3n) is 3.73. The summed E-state index contributed by atoms with van der Waals surface area (Å²) in [4.78, 5) is 38.6. The largest absolute Gasteiger partial charge is 0.334 e. The van der Waals surface area contributed by atoms with Gasteiger partial charge in [-0.3, -0.25) is 14.2 Å². The second-order valence-corrected chi connectivity index (χ2v) is 6.68. The zero-order chi connectivity index (χ0) is 16.6. The van der Waals surface area contributed by atoms with Gasteiger partial charge in [-0.1, -0.05) is 13.8 Å². The molecule has 120 valence electrons. The minimum absolute atomic E-state index is 0.0379. The molecule has 23 heavy (non-hydrogen) atoms. The Hall–Kier alpha value is -2.57. The van der Waals surface area contributed by atoms with Crippen LogP contribution in [0.1, 0.15) is 20.8 Å². The summed E-state index contributed by atoms with van der Waals surface area (Å²) in [7, 11) is 0. The molecule has 0 N–H and O–H groups in total. The lowest BCUT2D eigenvalue weighted by Gasteiger charge is -2.39. The number of nitrogens with zero attached hydrogens (tertiary/aromatic N) is 5. The van der Waals surface area contributed by atoms with Crippen molar-refractivity contribution < 1.29 is 4.79 Å². The number of hydrogen-bond acceptors (Lipinski definition) is 6. The number of carbonyl (C=O) groups excluding carboxylic acids is 1. The number of aromatic nitrogens is 4. The van der Waals surface area contributed by atoms with Crippen LogP contribution < -0.4 is 10.5 Å². The van der Waals surface area contributed by atoms with Crippen molar-refractivity contribution in [2.45, 2.75) is 27.3 Å². The van der Waals surface area contributed by atoms with Gasteiger partial charge in [0.1, 0.15) is 12.1 Å². The van der Waals surface area contributed by atoms with Crippen molar-refractivity contribution in [2.24, 2.45) is 5.41 Å². The van der Waals surface area contributed by atoms with E-state index in [1.54, 1.807) is 23.8 Å². The van der Waals surface area contributed by atoms with Crippen molar-refractivity contribution in [1.29, 1.82) is 0 Å². The van der Waals surface area contributed by atoms with E-state index in [0.717, 1.165) is 0 Å². The molecule has 0 radical (unpaired) electrons. The third-order valence-corrected chi connectivity index (χ3v) is 3.73. The van der Waals surface area contributed by atoms with E-state index in [1.807, 2.05) is 4.90 Å². The molecule has 2 aromatic heterocycles. The van der Waals surface area contributed by atoms with Crippen LogP contribution in [-0.2, 0) is 11.3 Å². The van der Waals surface area contributed by atoms with Crippen molar-refractivity contribution in [3.8, 4) is 11.4 Å². The Labute approximate surface area is 134 Å². The van der Waals surface area contributed by atoms with Crippen LogP contribution in [0.3, 0.4) is 0 Å². The summed E-state index contributed by atoms with van der Waals surface area (Å²) in [5, 5.41) is 0. The maximum absolute atomic E-state index is 12.5. The van der Waals surface area contributed by atoms with Gasteiger partial charge in [-0.05, 0) is 13.0 Å². The lowest BCUT2D eigenvalue weighted by molar-refractivity contribution is -0.115. The van der Waals surface area contributed by atoms with E-state index in [4.69, 9.17) is 0 Å². The third kappa shape index (κ3) is 3.13. The van der Waals surface area contributed by atoms with Gasteiger partial charge in [0.25, 0.3) is 5.56 Å². The van der Waals surface area contributed by atoms with E-state index < -0.39 is 0 Å². The van der Waals surface area contributed by atoms with Crippen molar-refractivity contribution in [2.75, 3.05) is 18.0 Å². The molecule has 0 unspecified atom stereocenters. The van der Waals surface area contributed by atoms with Gasteiger partial charge >= 0.3 is 0 Å². The fourth-order valence-electron chi connectivity index (χ4n) is 2.92. The van der Waals surface area contributed by atoms with Gasteiger partial charge < -0.3 is 4.90 Å². The van der Waals surface area contributed by atoms with Gasteiger partial charge in [-0.25, -0.2) is 15.0 Å². The Morgan fingerprint density at radius 2 is 2.09 bits per heavy atom. The fourth-order valence-corrected chi connectivity index (χ4v) is 2.92. The molecular formula is C16H19N5O2. The molecule has 0 saturated heterocycles. The van der Waals surface area contributed by atoms with E-state index >= 15 is 0 Å². The molecule has 3 rings (SSSR count). The molecule has 0 amide bonds. The monoisotopic (exact) mass is 313 g/mol. The lowest BCUT2D eigenvalue weighted by atomic mass is 9.91. The number of hydrogen-bond donors (Lipinski definition) is 0. The first kappa shape index (κ1) is 15.3. The summed E-state index contributed by atoms with van der Waals surface area (Å²) >= 11 is 0. The van der Waals surface area contributed by atoms with Crippen LogP contribution in [0.2, 0.25) is 0 Å². The molecule has 2 aromatic rings. The van der Waals surface area contributed by atoms with Crippen LogP contribution >= 0.6 is 0 Å². The average Bonchev–Trinajstić information content (AvgIpc) is 2.47. The predicted molar refractivity (Wildman–Crippen MR) is 86.2 cm³/mol. The number of ketones is 1. The van der Waals surface area contributed by atoms with Crippen LogP contribution in [-0.4, -0.2) is 38.4 Å². The highest BCUT2D eigenvalue weighted by atomic mass is 16.1. The van der Waals surface area contributed by atoms with Gasteiger partial charge in [0.2, 0.25) is 5.95 Å². The van der Waals surface area contributed by atoms with Crippen LogP contribution in [0.15, 0.2) is 29.5 Å². The molecular weight excluding hydrogens is 294 g/mol. The Kier molecular flexibility index (Phi) is 3.71. The van der Waals surface area contributed by atoms with E-state index in [9.17, 15) is 9.59 Å². The maximum Gasteiger partial charge on any atom is 0.255 e. The second kappa shape index (κ2) is 5.57. The molecule has 0 fully saturated rings. The molecule has 1 aliphatic rings. The minimum atomic E-state index is -0.134. The van der Waals surface area contributed by atoms with Gasteiger partial charge in [0, 0.05) is 30.8 Å². The SMILES string of the molecule is CC(=O)CN1CC(C)(C)Cn2c1nc(-c1ccncn1)cc2=O. The highest BCUT2D eigenvalue weighted by Crippen LogP contribution is 2.29. The van der Waals surface area contributed by atoms with Gasteiger partial charge in [-0.2, -0.15) is 0 Å². The molecule has 3 heterocycles. The quantitative estimate of drug-likeness (QED) is 0.845. The van der Waals surface area contributed by atoms with Gasteiger partial charge in [0.05, 0.1) is 17.9 Å². The first-order valence-corrected chi connectivity index (χ1v) is 7.48. The standard InChI is InChI=1S/C16H19N5O2/c1-11(22)7-20-8-16(2,3)9-21-14(23)6-13(19-15(20)21)12-4-5-17-10-18-12/h4-6,10H,7-9H2,1-3H3. The summed E-state index contributed by atoms with van der Waals surface area (Å²) in [6.07, 6.45) is 3.03. The number of Topliss-reactive ketones (excluding diaryl/α,β-unsaturated/α-hetero) is 1. The number of anilines is 1. The first-order valence-electron chi connectivity index (χ1n) is 7.48. The zero-order valence-electron chi connectivity index (χ0n) is 13.5. The Morgan fingerprint density at radius 1 is 1.30 bits per heavy atom. The zero-order valence-corrected chi connectivity index (χ0v) is 13.5. The smallest absolute Gasteiger partial charge is 0.255 e. The van der Waals surface area contributed by atoms with Gasteiger partial charge in [0.15, 0.2) is 0 Å². The van der Waals surface area contributed by atoms with E-state index in [-0.39, 0.29) is 23.3 Å².